The molecule has 0 aliphatic heterocycles. The molecule has 0 spiro atoms. The van der Waals surface area contributed by atoms with Gasteiger partial charge in [-0.1, -0.05) is 139 Å². The average Bonchev–Trinajstić information content (AvgIpc) is 2.79. The first kappa shape index (κ1) is 30.0. The number of hydrogen-bond donors (Lipinski definition) is 1. The van der Waals surface area contributed by atoms with Gasteiger partial charge >= 0.3 is 0 Å². The van der Waals surface area contributed by atoms with Crippen molar-refractivity contribution in [1.82, 2.24) is 0 Å². The Bertz CT molecular complexity index is 997. The van der Waals surface area contributed by atoms with E-state index >= 15 is 0 Å². The van der Waals surface area contributed by atoms with Gasteiger partial charge in [-0.3, -0.25) is 0 Å². The SMILES string of the molecule is C=C(CCO[Si](c1ccccc1)(c1ccccc1)C(C)(C)C)[C@H](C)[C@H](O)/C(C)=C/C(C)=C/C(C)(C)C. The zero-order valence-electron chi connectivity index (χ0n) is 24.1. The van der Waals surface area contributed by atoms with Crippen LogP contribution in [0, 0.1) is 11.3 Å². The molecule has 2 aromatic carbocycles. The number of aliphatic hydroxyl groups excluding tert-OH is 1. The summed E-state index contributed by atoms with van der Waals surface area (Å²) < 4.78 is 7.02. The van der Waals surface area contributed by atoms with Crippen molar-refractivity contribution < 1.29 is 9.53 Å². The normalized spacial score (nSPS) is 15.5. The molecule has 0 radical (unpaired) electrons. The predicted molar refractivity (Wildman–Crippen MR) is 159 cm³/mol. The number of hydrogen-bond acceptors (Lipinski definition) is 2. The maximum absolute atomic E-state index is 11.1. The lowest BCUT2D eigenvalue weighted by molar-refractivity contribution is 0.164. The van der Waals surface area contributed by atoms with Crippen LogP contribution >= 0.6 is 0 Å². The van der Waals surface area contributed by atoms with Crippen LogP contribution in [-0.2, 0) is 4.43 Å². The van der Waals surface area contributed by atoms with Crippen molar-refractivity contribution in [3.05, 3.63) is 96.1 Å². The van der Waals surface area contributed by atoms with Crippen molar-refractivity contribution in [3.8, 4) is 0 Å². The summed E-state index contributed by atoms with van der Waals surface area (Å²) in [6.45, 7) is 24.5. The fraction of sp³-hybridized carbons (Fsp3) is 0.455. The van der Waals surface area contributed by atoms with Crippen LogP contribution in [0.15, 0.2) is 96.1 Å². The monoisotopic (exact) mass is 504 g/mol. The zero-order chi connectivity index (χ0) is 27.1. The van der Waals surface area contributed by atoms with Crippen LogP contribution in [0.5, 0.6) is 0 Å². The van der Waals surface area contributed by atoms with Gasteiger partial charge in [-0.05, 0) is 46.7 Å². The average molecular weight is 505 g/mol. The first-order valence-corrected chi connectivity index (χ1v) is 15.1. The summed E-state index contributed by atoms with van der Waals surface area (Å²) in [5, 5.41) is 13.6. The maximum atomic E-state index is 11.1. The van der Waals surface area contributed by atoms with E-state index in [0.717, 1.165) is 11.1 Å². The highest BCUT2D eigenvalue weighted by Crippen LogP contribution is 2.37. The van der Waals surface area contributed by atoms with Gasteiger partial charge in [0, 0.05) is 12.5 Å². The first-order valence-electron chi connectivity index (χ1n) is 13.2. The molecule has 0 aromatic heterocycles. The largest absolute Gasteiger partial charge is 0.407 e. The fourth-order valence-corrected chi connectivity index (χ4v) is 9.67. The van der Waals surface area contributed by atoms with Crippen molar-refractivity contribution in [3.63, 3.8) is 0 Å². The number of allylic oxidation sites excluding steroid dienone is 3. The van der Waals surface area contributed by atoms with Gasteiger partial charge in [0.25, 0.3) is 8.32 Å². The van der Waals surface area contributed by atoms with Gasteiger partial charge in [-0.15, -0.1) is 0 Å². The molecule has 1 N–H and O–H groups in total. The third-order valence-electron chi connectivity index (χ3n) is 6.86. The highest BCUT2D eigenvalue weighted by atomic mass is 28.4. The Hall–Kier alpha value is -2.20. The van der Waals surface area contributed by atoms with Crippen molar-refractivity contribution in [2.45, 2.75) is 79.9 Å². The van der Waals surface area contributed by atoms with E-state index in [4.69, 9.17) is 4.43 Å². The number of aliphatic hydroxyl groups is 1. The topological polar surface area (TPSA) is 29.5 Å². The van der Waals surface area contributed by atoms with Crippen molar-refractivity contribution in [2.24, 2.45) is 11.3 Å². The summed E-state index contributed by atoms with van der Waals surface area (Å²) >= 11 is 0. The number of benzene rings is 2. The molecule has 196 valence electrons. The summed E-state index contributed by atoms with van der Waals surface area (Å²) in [4.78, 5) is 0. The quantitative estimate of drug-likeness (QED) is 0.207. The van der Waals surface area contributed by atoms with Crippen LogP contribution < -0.4 is 10.4 Å². The van der Waals surface area contributed by atoms with E-state index in [-0.39, 0.29) is 16.4 Å². The predicted octanol–water partition coefficient (Wildman–Crippen LogP) is 7.45. The van der Waals surface area contributed by atoms with Gasteiger partial charge in [0.05, 0.1) is 6.10 Å². The second-order valence-electron chi connectivity index (χ2n) is 12.3. The van der Waals surface area contributed by atoms with Crippen molar-refractivity contribution in [2.75, 3.05) is 6.61 Å². The summed E-state index contributed by atoms with van der Waals surface area (Å²) in [7, 11) is -2.57. The third-order valence-corrected chi connectivity index (χ3v) is 11.9. The van der Waals surface area contributed by atoms with E-state index in [1.165, 1.54) is 15.9 Å². The van der Waals surface area contributed by atoms with Crippen LogP contribution in [0.4, 0.5) is 0 Å². The molecule has 0 fully saturated rings. The van der Waals surface area contributed by atoms with Crippen molar-refractivity contribution in [1.29, 1.82) is 0 Å². The van der Waals surface area contributed by atoms with E-state index < -0.39 is 14.4 Å². The Balaban J connectivity index is 2.23. The van der Waals surface area contributed by atoms with E-state index in [1.54, 1.807) is 0 Å². The molecule has 0 aliphatic rings. The molecule has 0 bridgehead atoms. The Morgan fingerprint density at radius 1 is 0.917 bits per heavy atom. The molecule has 0 amide bonds. The van der Waals surface area contributed by atoms with E-state index in [2.05, 4.69) is 135 Å². The van der Waals surface area contributed by atoms with Gasteiger partial charge in [0.15, 0.2) is 0 Å². The minimum atomic E-state index is -2.57. The fourth-order valence-electron chi connectivity index (χ4n) is 5.11. The van der Waals surface area contributed by atoms with Gasteiger partial charge in [0.2, 0.25) is 0 Å². The number of rotatable bonds is 10. The second-order valence-corrected chi connectivity index (χ2v) is 16.6. The molecule has 36 heavy (non-hydrogen) atoms. The molecule has 0 heterocycles. The molecule has 2 rings (SSSR count). The molecular weight excluding hydrogens is 456 g/mol. The molecule has 0 unspecified atom stereocenters. The molecule has 0 saturated heterocycles. The maximum Gasteiger partial charge on any atom is 0.261 e. The van der Waals surface area contributed by atoms with Crippen LogP contribution in [0.1, 0.15) is 68.7 Å². The Kier molecular flexibility index (Phi) is 10.3. The van der Waals surface area contributed by atoms with Gasteiger partial charge in [0.1, 0.15) is 0 Å². The minimum Gasteiger partial charge on any atom is -0.407 e. The molecule has 2 atom stereocenters. The lowest BCUT2D eigenvalue weighted by Crippen LogP contribution is -2.66. The molecule has 2 aromatic rings. The molecule has 0 aliphatic carbocycles. The Labute approximate surface area is 221 Å². The lowest BCUT2D eigenvalue weighted by atomic mass is 9.88. The van der Waals surface area contributed by atoms with Crippen LogP contribution in [0.25, 0.3) is 0 Å². The molecule has 2 nitrogen and oxygen atoms in total. The molecule has 0 saturated carbocycles. The van der Waals surface area contributed by atoms with Gasteiger partial charge in [-0.25, -0.2) is 0 Å². The van der Waals surface area contributed by atoms with E-state index in [1.807, 2.05) is 6.92 Å². The van der Waals surface area contributed by atoms with Crippen LogP contribution in [-0.4, -0.2) is 26.1 Å². The Morgan fingerprint density at radius 3 is 1.81 bits per heavy atom. The summed E-state index contributed by atoms with van der Waals surface area (Å²) in [5.41, 5.74) is 3.27. The van der Waals surface area contributed by atoms with Crippen molar-refractivity contribution >= 4 is 18.7 Å². The highest BCUT2D eigenvalue weighted by Gasteiger charge is 2.50. The Morgan fingerprint density at radius 2 is 1.39 bits per heavy atom. The van der Waals surface area contributed by atoms with Gasteiger partial charge < -0.3 is 9.53 Å². The second kappa shape index (κ2) is 12.4. The first-order chi connectivity index (χ1) is 16.7. The standard InChI is InChI=1S/C33H48O2Si/c1-25(24-32(5,6)7)23-27(3)31(34)28(4)26(2)21-22-35-36(33(8,9)10,29-17-13-11-14-18-29)30-19-15-12-16-20-30/h11-20,23-24,28,31,34H,2,21-22H2,1,3-10H3/b25-24+,27-23+/t28-,31+/m0/s1. The zero-order valence-corrected chi connectivity index (χ0v) is 25.1. The highest BCUT2D eigenvalue weighted by molar-refractivity contribution is 6.99. The van der Waals surface area contributed by atoms with Crippen LogP contribution in [0.2, 0.25) is 5.04 Å². The summed E-state index contributed by atoms with van der Waals surface area (Å²) in [5.74, 6) is -0.0496. The summed E-state index contributed by atoms with van der Waals surface area (Å²) in [6.07, 6.45) is 4.49. The molecular formula is C33H48O2Si. The molecule has 3 heteroatoms. The summed E-state index contributed by atoms with van der Waals surface area (Å²) in [6, 6.07) is 21.4. The van der Waals surface area contributed by atoms with Crippen LogP contribution in [0.3, 0.4) is 0 Å². The lowest BCUT2D eigenvalue weighted by Gasteiger charge is -2.43. The third kappa shape index (κ3) is 7.65. The van der Waals surface area contributed by atoms with E-state index in [0.29, 0.717) is 13.0 Å². The van der Waals surface area contributed by atoms with E-state index in [9.17, 15) is 5.11 Å². The van der Waals surface area contributed by atoms with Gasteiger partial charge in [-0.2, -0.15) is 0 Å². The smallest absolute Gasteiger partial charge is 0.261 e. The minimum absolute atomic E-state index is 0.0496.